The van der Waals surface area contributed by atoms with Crippen LogP contribution in [0.4, 0.5) is 0 Å². The summed E-state index contributed by atoms with van der Waals surface area (Å²) in [7, 11) is 5.29. The summed E-state index contributed by atoms with van der Waals surface area (Å²) in [5.74, 6) is 0.670. The lowest BCUT2D eigenvalue weighted by Crippen LogP contribution is -2.21. The third kappa shape index (κ3) is 7.23. The van der Waals surface area contributed by atoms with E-state index in [2.05, 4.69) is 17.0 Å². The fraction of sp³-hybridized carbons (Fsp3) is 0.448. The van der Waals surface area contributed by atoms with E-state index >= 15 is 0 Å². The molecule has 2 aliphatic rings. The monoisotopic (exact) mass is 553 g/mol. The SMILES string of the molecule is COc1cc2c(cc1CN(C)Cc1cc3c(cc1OC)CN(OC(=O)CCC=O)C3)CN(OC(=O)CCC=O)C2. The molecule has 2 heterocycles. The van der Waals surface area contributed by atoms with Crippen LogP contribution in [0.2, 0.25) is 0 Å². The molecule has 0 saturated carbocycles. The van der Waals surface area contributed by atoms with Crippen LogP contribution in [0.15, 0.2) is 24.3 Å². The molecule has 0 aromatic heterocycles. The molecule has 0 bridgehead atoms. The number of hydroxylamine groups is 4. The highest BCUT2D eigenvalue weighted by Gasteiger charge is 2.26. The second-order valence-electron chi connectivity index (χ2n) is 9.97. The van der Waals surface area contributed by atoms with Gasteiger partial charge in [0.15, 0.2) is 0 Å². The van der Waals surface area contributed by atoms with Gasteiger partial charge in [-0.05, 0) is 53.6 Å². The first-order valence-electron chi connectivity index (χ1n) is 13.2. The number of rotatable bonds is 14. The summed E-state index contributed by atoms with van der Waals surface area (Å²) in [5, 5.41) is 3.20. The highest BCUT2D eigenvalue weighted by molar-refractivity contribution is 5.72. The van der Waals surface area contributed by atoms with Gasteiger partial charge in [0.05, 0.1) is 53.2 Å². The zero-order valence-electron chi connectivity index (χ0n) is 23.1. The zero-order chi connectivity index (χ0) is 28.6. The molecular formula is C29H35N3O8. The van der Waals surface area contributed by atoms with Gasteiger partial charge < -0.3 is 28.7 Å². The van der Waals surface area contributed by atoms with Crippen molar-refractivity contribution in [2.24, 2.45) is 0 Å². The van der Waals surface area contributed by atoms with E-state index in [0.717, 1.165) is 44.9 Å². The number of hydrogen-bond donors (Lipinski definition) is 0. The predicted octanol–water partition coefficient (Wildman–Crippen LogP) is 2.84. The maximum Gasteiger partial charge on any atom is 0.325 e. The van der Waals surface area contributed by atoms with Crippen molar-refractivity contribution in [3.63, 3.8) is 0 Å². The van der Waals surface area contributed by atoms with Crippen LogP contribution in [0, 0.1) is 0 Å². The number of carbonyl (C=O) groups is 4. The lowest BCUT2D eigenvalue weighted by Gasteiger charge is -2.21. The molecule has 11 nitrogen and oxygen atoms in total. The Morgan fingerprint density at radius 3 is 1.45 bits per heavy atom. The molecule has 2 aromatic carbocycles. The topological polar surface area (TPSA) is 115 Å². The number of methoxy groups -OCH3 is 2. The molecule has 214 valence electrons. The van der Waals surface area contributed by atoms with Crippen LogP contribution in [-0.4, -0.2) is 60.8 Å². The Kier molecular flexibility index (Phi) is 9.86. The van der Waals surface area contributed by atoms with Crippen molar-refractivity contribution in [2.75, 3.05) is 21.3 Å². The van der Waals surface area contributed by atoms with Gasteiger partial charge in [-0.3, -0.25) is 14.5 Å². The maximum absolute atomic E-state index is 11.9. The summed E-state index contributed by atoms with van der Waals surface area (Å²) >= 11 is 0. The van der Waals surface area contributed by atoms with Crippen LogP contribution in [-0.2, 0) is 68.1 Å². The van der Waals surface area contributed by atoms with Gasteiger partial charge in [0.25, 0.3) is 0 Å². The second-order valence-corrected chi connectivity index (χ2v) is 9.97. The van der Waals surface area contributed by atoms with Gasteiger partial charge in [-0.15, -0.1) is 10.1 Å². The molecular weight excluding hydrogens is 518 g/mol. The lowest BCUT2D eigenvalue weighted by atomic mass is 10.0. The van der Waals surface area contributed by atoms with Crippen LogP contribution in [0.1, 0.15) is 59.1 Å². The fourth-order valence-electron chi connectivity index (χ4n) is 5.02. The van der Waals surface area contributed by atoms with Crippen molar-refractivity contribution in [1.29, 1.82) is 0 Å². The van der Waals surface area contributed by atoms with Crippen LogP contribution in [0.5, 0.6) is 11.5 Å². The smallest absolute Gasteiger partial charge is 0.325 e. The molecule has 0 spiro atoms. The minimum Gasteiger partial charge on any atom is -0.496 e. The Bertz CT molecular complexity index is 1170. The van der Waals surface area contributed by atoms with Gasteiger partial charge in [0.1, 0.15) is 24.1 Å². The number of carbonyl (C=O) groups excluding carboxylic acids is 4. The van der Waals surface area contributed by atoms with Gasteiger partial charge in [-0.25, -0.2) is 0 Å². The summed E-state index contributed by atoms with van der Waals surface area (Å²) in [6.07, 6.45) is 1.83. The maximum atomic E-state index is 11.9. The first-order chi connectivity index (χ1) is 19.3. The van der Waals surface area contributed by atoms with E-state index < -0.39 is 11.9 Å². The van der Waals surface area contributed by atoms with Gasteiger partial charge in [-0.2, -0.15) is 0 Å². The Labute approximate surface area is 233 Å². The normalized spacial score (nSPS) is 14.5. The summed E-state index contributed by atoms with van der Waals surface area (Å²) in [5.41, 5.74) is 6.19. The van der Waals surface area contributed by atoms with E-state index in [0.29, 0.717) is 51.8 Å². The summed E-state index contributed by atoms with van der Waals surface area (Å²) in [6.45, 7) is 3.08. The standard InChI is InChI=1S/C29H35N3O8/c1-30(14-24-10-20-16-31(39-28(35)6-4-8-33)18-22(20)12-26(24)37-2)15-25-11-21-17-32(40-29(36)7-5-9-34)19-23(21)13-27(25)38-3/h8-13H,4-7,14-19H2,1-3H3. The molecule has 40 heavy (non-hydrogen) atoms. The number of hydrogen-bond acceptors (Lipinski definition) is 11. The molecule has 0 unspecified atom stereocenters. The number of ether oxygens (including phenoxy) is 2. The molecule has 0 radical (unpaired) electrons. The second kappa shape index (κ2) is 13.5. The molecule has 0 amide bonds. The zero-order valence-corrected chi connectivity index (χ0v) is 23.1. The quantitative estimate of drug-likeness (QED) is 0.322. The highest BCUT2D eigenvalue weighted by atomic mass is 16.7. The molecule has 0 N–H and O–H groups in total. The third-order valence-corrected chi connectivity index (χ3v) is 6.87. The van der Waals surface area contributed by atoms with Crippen LogP contribution < -0.4 is 9.47 Å². The van der Waals surface area contributed by atoms with E-state index in [9.17, 15) is 19.2 Å². The van der Waals surface area contributed by atoms with E-state index in [1.807, 2.05) is 19.2 Å². The molecule has 11 heteroatoms. The Morgan fingerprint density at radius 2 is 1.10 bits per heavy atom. The van der Waals surface area contributed by atoms with E-state index in [-0.39, 0.29) is 25.7 Å². The largest absolute Gasteiger partial charge is 0.496 e. The van der Waals surface area contributed by atoms with Crippen LogP contribution >= 0.6 is 0 Å². The Morgan fingerprint density at radius 1 is 0.725 bits per heavy atom. The van der Waals surface area contributed by atoms with Gasteiger partial charge >= 0.3 is 11.9 Å². The highest BCUT2D eigenvalue weighted by Crippen LogP contribution is 2.34. The van der Waals surface area contributed by atoms with E-state index in [4.69, 9.17) is 19.1 Å². The average Bonchev–Trinajstić information content (AvgIpc) is 3.51. The van der Waals surface area contributed by atoms with Crippen LogP contribution in [0.3, 0.4) is 0 Å². The van der Waals surface area contributed by atoms with Crippen molar-refractivity contribution < 1.29 is 38.3 Å². The van der Waals surface area contributed by atoms with Crippen molar-refractivity contribution in [3.05, 3.63) is 57.6 Å². The fourth-order valence-corrected chi connectivity index (χ4v) is 5.02. The van der Waals surface area contributed by atoms with Gasteiger partial charge in [0, 0.05) is 37.1 Å². The minimum atomic E-state index is -0.422. The number of aldehydes is 2. The Hall–Kier alpha value is -3.80. The lowest BCUT2D eigenvalue weighted by molar-refractivity contribution is -0.194. The van der Waals surface area contributed by atoms with Gasteiger partial charge in [-0.1, -0.05) is 0 Å². The van der Waals surface area contributed by atoms with Gasteiger partial charge in [0.2, 0.25) is 0 Å². The van der Waals surface area contributed by atoms with Crippen molar-refractivity contribution >= 4 is 24.5 Å². The van der Waals surface area contributed by atoms with Crippen molar-refractivity contribution in [2.45, 2.75) is 65.0 Å². The van der Waals surface area contributed by atoms with Crippen molar-refractivity contribution in [1.82, 2.24) is 15.0 Å². The first-order valence-corrected chi connectivity index (χ1v) is 13.2. The van der Waals surface area contributed by atoms with Crippen molar-refractivity contribution in [3.8, 4) is 11.5 Å². The molecule has 0 atom stereocenters. The van der Waals surface area contributed by atoms with E-state index in [1.54, 1.807) is 24.3 Å². The number of fused-ring (bicyclic) bond motifs is 2. The number of benzene rings is 2. The first kappa shape index (κ1) is 29.2. The molecule has 0 fully saturated rings. The molecule has 4 rings (SSSR count). The predicted molar refractivity (Wildman–Crippen MR) is 142 cm³/mol. The summed E-state index contributed by atoms with van der Waals surface area (Å²) in [4.78, 5) is 57.9. The van der Waals surface area contributed by atoms with E-state index in [1.165, 1.54) is 0 Å². The average molecular weight is 554 g/mol. The minimum absolute atomic E-state index is 0.0620. The molecule has 0 aliphatic carbocycles. The molecule has 2 aliphatic heterocycles. The summed E-state index contributed by atoms with van der Waals surface area (Å²) < 4.78 is 11.4. The van der Waals surface area contributed by atoms with Crippen LogP contribution in [0.25, 0.3) is 0 Å². The molecule has 0 saturated heterocycles. The number of nitrogens with zero attached hydrogens (tertiary/aromatic N) is 3. The molecule has 2 aromatic rings. The summed E-state index contributed by atoms with van der Waals surface area (Å²) in [6, 6.07) is 8.14. The Balaban J connectivity index is 1.41. The third-order valence-electron chi connectivity index (χ3n) is 6.87.